The van der Waals surface area contributed by atoms with E-state index < -0.39 is 28.5 Å². The van der Waals surface area contributed by atoms with Gasteiger partial charge >= 0.3 is 0 Å². The monoisotopic (exact) mass is 390 g/mol. The zero-order chi connectivity index (χ0) is 20.3. The van der Waals surface area contributed by atoms with E-state index in [2.05, 4.69) is 5.32 Å². The highest BCUT2D eigenvalue weighted by Gasteiger charge is 2.40. The summed E-state index contributed by atoms with van der Waals surface area (Å²) in [6, 6.07) is 9.17. The summed E-state index contributed by atoms with van der Waals surface area (Å²) in [4.78, 5) is 26.7. The first kappa shape index (κ1) is 19.9. The SMILES string of the molecule is C[C@]1(C(=O)NCc2cccc(F)c2)CCCN(C(=O)c2c(F)cccc2F)C1. The Bertz CT molecular complexity index is 883. The molecular weight excluding hydrogens is 369 g/mol. The van der Waals surface area contributed by atoms with Crippen molar-refractivity contribution in [1.82, 2.24) is 10.2 Å². The van der Waals surface area contributed by atoms with Crippen molar-refractivity contribution in [3.63, 3.8) is 0 Å². The standard InChI is InChI=1S/C21H21F3N2O2/c1-21(20(28)25-12-14-5-2-6-15(22)11-14)9-4-10-26(13-21)19(27)18-16(23)7-3-8-17(18)24/h2-3,5-8,11H,4,9-10,12-13H2,1H3,(H,25,28)/t21-/m0/s1. The second-order valence-electron chi connectivity index (χ2n) is 7.30. The molecule has 148 valence electrons. The predicted octanol–water partition coefficient (Wildman–Crippen LogP) is 3.66. The van der Waals surface area contributed by atoms with Crippen LogP contribution in [0.4, 0.5) is 13.2 Å². The lowest BCUT2D eigenvalue weighted by atomic mass is 9.80. The Morgan fingerprint density at radius 2 is 1.79 bits per heavy atom. The normalized spacial score (nSPS) is 19.4. The van der Waals surface area contributed by atoms with E-state index in [-0.39, 0.29) is 24.8 Å². The fourth-order valence-corrected chi connectivity index (χ4v) is 3.50. The van der Waals surface area contributed by atoms with Gasteiger partial charge in [-0.1, -0.05) is 18.2 Å². The number of halogens is 3. The van der Waals surface area contributed by atoms with Gasteiger partial charge in [0.05, 0.1) is 5.41 Å². The zero-order valence-corrected chi connectivity index (χ0v) is 15.5. The lowest BCUT2D eigenvalue weighted by Crippen LogP contribution is -2.52. The van der Waals surface area contributed by atoms with E-state index in [1.54, 1.807) is 19.1 Å². The van der Waals surface area contributed by atoms with Crippen LogP contribution in [0.15, 0.2) is 42.5 Å². The maximum absolute atomic E-state index is 14.0. The van der Waals surface area contributed by atoms with Crippen molar-refractivity contribution in [2.75, 3.05) is 13.1 Å². The van der Waals surface area contributed by atoms with E-state index in [4.69, 9.17) is 0 Å². The van der Waals surface area contributed by atoms with E-state index in [0.29, 0.717) is 24.9 Å². The summed E-state index contributed by atoms with van der Waals surface area (Å²) in [5.74, 6) is -3.29. The highest BCUT2D eigenvalue weighted by Crippen LogP contribution is 2.31. The van der Waals surface area contributed by atoms with Crippen LogP contribution in [0.25, 0.3) is 0 Å². The van der Waals surface area contributed by atoms with Gasteiger partial charge < -0.3 is 10.2 Å². The molecule has 1 heterocycles. The molecule has 4 nitrogen and oxygen atoms in total. The number of benzene rings is 2. The summed E-state index contributed by atoms with van der Waals surface area (Å²) in [5, 5.41) is 2.77. The molecule has 2 amide bonds. The first-order valence-corrected chi connectivity index (χ1v) is 9.06. The van der Waals surface area contributed by atoms with Crippen molar-refractivity contribution in [2.24, 2.45) is 5.41 Å². The molecule has 1 aliphatic heterocycles. The van der Waals surface area contributed by atoms with E-state index in [0.717, 1.165) is 12.1 Å². The van der Waals surface area contributed by atoms with Crippen LogP contribution in [0.2, 0.25) is 0 Å². The predicted molar refractivity (Wildman–Crippen MR) is 97.8 cm³/mol. The van der Waals surface area contributed by atoms with Crippen LogP contribution in [-0.4, -0.2) is 29.8 Å². The van der Waals surface area contributed by atoms with Gasteiger partial charge in [0.15, 0.2) is 0 Å². The van der Waals surface area contributed by atoms with Gasteiger partial charge in [0, 0.05) is 19.6 Å². The third-order valence-corrected chi connectivity index (χ3v) is 5.05. The maximum Gasteiger partial charge on any atom is 0.259 e. The second kappa shape index (κ2) is 8.04. The highest BCUT2D eigenvalue weighted by atomic mass is 19.1. The third kappa shape index (κ3) is 4.18. The van der Waals surface area contributed by atoms with E-state index in [1.807, 2.05) is 0 Å². The molecule has 0 spiro atoms. The molecule has 2 aromatic carbocycles. The van der Waals surface area contributed by atoms with Crippen molar-refractivity contribution < 1.29 is 22.8 Å². The number of amides is 2. The fraction of sp³-hybridized carbons (Fsp3) is 0.333. The van der Waals surface area contributed by atoms with Gasteiger partial charge in [0.25, 0.3) is 5.91 Å². The van der Waals surface area contributed by atoms with Gasteiger partial charge in [-0.3, -0.25) is 9.59 Å². The number of rotatable bonds is 4. The molecule has 28 heavy (non-hydrogen) atoms. The number of carbonyl (C=O) groups excluding carboxylic acids is 2. The summed E-state index contributed by atoms with van der Waals surface area (Å²) in [6.07, 6.45) is 1.07. The molecule has 1 aliphatic rings. The van der Waals surface area contributed by atoms with Gasteiger partial charge in [-0.05, 0) is 49.6 Å². The molecule has 2 aromatic rings. The minimum atomic E-state index is -0.923. The van der Waals surface area contributed by atoms with E-state index >= 15 is 0 Å². The molecular formula is C21H21F3N2O2. The van der Waals surface area contributed by atoms with Gasteiger partial charge in [0.2, 0.25) is 5.91 Å². The average Bonchev–Trinajstić information content (AvgIpc) is 2.66. The Kier molecular flexibility index (Phi) is 5.72. The molecule has 1 atom stereocenters. The number of nitrogens with zero attached hydrogens (tertiary/aromatic N) is 1. The number of hydrogen-bond acceptors (Lipinski definition) is 2. The molecule has 7 heteroatoms. The topological polar surface area (TPSA) is 49.4 Å². The Labute approximate surface area is 161 Å². The smallest absolute Gasteiger partial charge is 0.259 e. The van der Waals surface area contributed by atoms with Crippen molar-refractivity contribution in [3.05, 3.63) is 71.0 Å². The van der Waals surface area contributed by atoms with Crippen molar-refractivity contribution in [1.29, 1.82) is 0 Å². The Morgan fingerprint density at radius 1 is 1.11 bits per heavy atom. The second-order valence-corrected chi connectivity index (χ2v) is 7.30. The van der Waals surface area contributed by atoms with Crippen LogP contribution in [-0.2, 0) is 11.3 Å². The highest BCUT2D eigenvalue weighted by molar-refractivity contribution is 5.95. The molecule has 0 unspecified atom stereocenters. The summed E-state index contributed by atoms with van der Waals surface area (Å²) in [6.45, 7) is 2.24. The lowest BCUT2D eigenvalue weighted by molar-refractivity contribution is -0.132. The molecule has 0 aliphatic carbocycles. The molecule has 1 fully saturated rings. The Morgan fingerprint density at radius 3 is 2.46 bits per heavy atom. The minimum absolute atomic E-state index is 0.0502. The first-order chi connectivity index (χ1) is 13.3. The Balaban J connectivity index is 1.70. The lowest BCUT2D eigenvalue weighted by Gasteiger charge is -2.39. The van der Waals surface area contributed by atoms with Gasteiger partial charge in [-0.15, -0.1) is 0 Å². The fourth-order valence-electron chi connectivity index (χ4n) is 3.50. The Hall–Kier alpha value is -2.83. The van der Waals surface area contributed by atoms with Crippen molar-refractivity contribution in [2.45, 2.75) is 26.3 Å². The van der Waals surface area contributed by atoms with Crippen LogP contribution in [0.1, 0.15) is 35.7 Å². The van der Waals surface area contributed by atoms with Gasteiger partial charge in [0.1, 0.15) is 23.0 Å². The number of hydrogen-bond donors (Lipinski definition) is 1. The third-order valence-electron chi connectivity index (χ3n) is 5.05. The number of carbonyl (C=O) groups is 2. The largest absolute Gasteiger partial charge is 0.351 e. The van der Waals surface area contributed by atoms with Crippen LogP contribution in [0.3, 0.4) is 0 Å². The summed E-state index contributed by atoms with van der Waals surface area (Å²) < 4.78 is 41.2. The number of nitrogens with one attached hydrogen (secondary N) is 1. The molecule has 0 saturated carbocycles. The number of piperidine rings is 1. The van der Waals surface area contributed by atoms with Crippen LogP contribution < -0.4 is 5.32 Å². The maximum atomic E-state index is 14.0. The average molecular weight is 390 g/mol. The molecule has 1 saturated heterocycles. The molecule has 1 N–H and O–H groups in total. The summed E-state index contributed by atoms with van der Waals surface area (Å²) in [5.41, 5.74) is -0.885. The van der Waals surface area contributed by atoms with Crippen molar-refractivity contribution in [3.8, 4) is 0 Å². The van der Waals surface area contributed by atoms with Crippen LogP contribution >= 0.6 is 0 Å². The van der Waals surface area contributed by atoms with Gasteiger partial charge in [-0.2, -0.15) is 0 Å². The first-order valence-electron chi connectivity index (χ1n) is 9.06. The quantitative estimate of drug-likeness (QED) is 0.866. The van der Waals surface area contributed by atoms with Crippen LogP contribution in [0.5, 0.6) is 0 Å². The van der Waals surface area contributed by atoms with Crippen LogP contribution in [0, 0.1) is 22.9 Å². The molecule has 0 aromatic heterocycles. The number of likely N-dealkylation sites (tertiary alicyclic amines) is 1. The van der Waals surface area contributed by atoms with E-state index in [9.17, 15) is 22.8 Å². The van der Waals surface area contributed by atoms with E-state index in [1.165, 1.54) is 23.1 Å². The molecule has 0 radical (unpaired) electrons. The molecule has 0 bridgehead atoms. The van der Waals surface area contributed by atoms with Gasteiger partial charge in [-0.25, -0.2) is 13.2 Å². The molecule has 3 rings (SSSR count). The summed E-state index contributed by atoms with van der Waals surface area (Å²) in [7, 11) is 0. The minimum Gasteiger partial charge on any atom is -0.351 e. The summed E-state index contributed by atoms with van der Waals surface area (Å²) >= 11 is 0. The zero-order valence-electron chi connectivity index (χ0n) is 15.5. The van der Waals surface area contributed by atoms with Crippen molar-refractivity contribution >= 4 is 11.8 Å².